The third kappa shape index (κ3) is 17.8. The Morgan fingerprint density at radius 1 is 1.20 bits per heavy atom. The van der Waals surface area contributed by atoms with Gasteiger partial charge in [0, 0.05) is 21.7 Å². The van der Waals surface area contributed by atoms with E-state index in [-0.39, 0.29) is 142 Å². The van der Waals surface area contributed by atoms with Crippen LogP contribution in [-0.2, 0) is 21.7 Å². The Bertz CT molecular complexity index is 20.5. The van der Waals surface area contributed by atoms with Crippen LogP contribution in [0.3, 0.4) is 0 Å². The van der Waals surface area contributed by atoms with Gasteiger partial charge >= 0.3 is 86.6 Å². The SMILES string of the molecule is [AlH3].[Ba+2].[Ca+2].[H-].[H-].[H-].[H-].[SiH3].[Ti]. The van der Waals surface area contributed by atoms with E-state index < -0.39 is 0 Å². The topological polar surface area (TPSA) is 0 Å². The molecule has 25 valence electrons. The van der Waals surface area contributed by atoms with Gasteiger partial charge in [-0.15, -0.1) is 0 Å². The van der Waals surface area contributed by atoms with Crippen molar-refractivity contribution in [2.45, 2.75) is 0 Å². The first-order valence-electron chi connectivity index (χ1n) is 0. The summed E-state index contributed by atoms with van der Waals surface area (Å²) in [6, 6.07) is 0. The molecule has 0 aromatic rings. The van der Waals surface area contributed by atoms with E-state index >= 15 is 0 Å². The number of hydrogen-bond acceptors (Lipinski definition) is 0. The summed E-state index contributed by atoms with van der Waals surface area (Å²) in [5, 5.41) is 0. The summed E-state index contributed by atoms with van der Waals surface area (Å²) < 4.78 is 0. The van der Waals surface area contributed by atoms with E-state index in [1.165, 1.54) is 0 Å². The average Bonchev–Trinajstić information content (AvgIpc) is 0. The molecule has 1 radical (unpaired) electrons. The van der Waals surface area contributed by atoms with Crippen LogP contribution < -0.4 is 0 Å². The molecule has 0 bridgehead atoms. The Morgan fingerprint density at radius 2 is 1.20 bits per heavy atom. The van der Waals surface area contributed by atoms with Crippen LogP contribution in [-0.4, -0.2) is 115 Å². The first kappa shape index (κ1) is 34.7. The predicted molar refractivity (Wildman–Crippen MR) is 35.8 cm³/mol. The summed E-state index contributed by atoms with van der Waals surface area (Å²) in [6.45, 7) is 0. The fourth-order valence-electron chi connectivity index (χ4n) is 0. The van der Waals surface area contributed by atoms with Crippen molar-refractivity contribution in [3.8, 4) is 0 Å². The largest absolute Gasteiger partial charge is 2.00 e. The Labute approximate surface area is 139 Å². The van der Waals surface area contributed by atoms with Crippen molar-refractivity contribution < 1.29 is 27.4 Å². The summed E-state index contributed by atoms with van der Waals surface area (Å²) in [7, 11) is 0. The summed E-state index contributed by atoms with van der Waals surface area (Å²) in [6.07, 6.45) is 0. The van der Waals surface area contributed by atoms with E-state index in [2.05, 4.69) is 0 Å². The molecule has 0 saturated carbocycles. The van der Waals surface area contributed by atoms with Gasteiger partial charge in [-0.1, -0.05) is 0 Å². The first-order chi connectivity index (χ1) is 0. The molecule has 0 rings (SSSR count). The van der Waals surface area contributed by atoms with Crippen LogP contribution in [0, 0.1) is 0 Å². The summed E-state index contributed by atoms with van der Waals surface area (Å²) >= 11 is 0. The minimum absolute atomic E-state index is 0. The number of rotatable bonds is 0. The van der Waals surface area contributed by atoms with E-state index in [4.69, 9.17) is 0 Å². The second kappa shape index (κ2) is 23.9. The maximum atomic E-state index is 0. The van der Waals surface area contributed by atoms with Gasteiger partial charge in [-0.2, -0.15) is 0 Å². The van der Waals surface area contributed by atoms with E-state index in [0.29, 0.717) is 0 Å². The van der Waals surface area contributed by atoms with Gasteiger partial charge in [0.2, 0.25) is 0 Å². The molecule has 0 aromatic heterocycles. The molecule has 0 aliphatic carbocycles. The third-order valence-electron chi connectivity index (χ3n) is 0. The molecule has 0 aromatic carbocycles. The van der Waals surface area contributed by atoms with Crippen molar-refractivity contribution >= 4 is 115 Å². The smallest absolute Gasteiger partial charge is 1.00 e. The molecule has 0 nitrogen and oxygen atoms in total. The van der Waals surface area contributed by atoms with E-state index in [9.17, 15) is 0 Å². The standard InChI is InChI=1S/Al.Ba.Ca.H3Si.Ti.7H/h;;;1H3;;;;;;;;/q;2*+2;;;;;;4*-1. The molecular weight excluding hydrogens is 280 g/mol. The molecule has 0 heterocycles. The van der Waals surface area contributed by atoms with Crippen molar-refractivity contribution in [2.24, 2.45) is 0 Å². The molecule has 0 N–H and O–H groups in total. The predicted octanol–water partition coefficient (Wildman–Crippen LogP) is -2.68. The Balaban J connectivity index is 0. The maximum absolute atomic E-state index is 0. The molecule has 0 saturated heterocycles. The zero-order chi connectivity index (χ0) is 0. The molecule has 0 fully saturated rings. The summed E-state index contributed by atoms with van der Waals surface area (Å²) in [4.78, 5) is 0. The second-order valence-corrected chi connectivity index (χ2v) is 0. The average molecular weight is 290 g/mol. The van der Waals surface area contributed by atoms with Crippen LogP contribution in [0.15, 0.2) is 0 Å². The minimum Gasteiger partial charge on any atom is -1.00 e. The summed E-state index contributed by atoms with van der Waals surface area (Å²) in [5.41, 5.74) is 0. The Hall–Kier alpha value is 4.29. The Morgan fingerprint density at radius 3 is 1.20 bits per heavy atom. The van der Waals surface area contributed by atoms with Crippen molar-refractivity contribution in [2.75, 3.05) is 0 Å². The van der Waals surface area contributed by atoms with Crippen molar-refractivity contribution in [1.29, 1.82) is 0 Å². The van der Waals surface area contributed by atoms with Crippen LogP contribution in [0.4, 0.5) is 0 Å². The van der Waals surface area contributed by atoms with E-state index in [0.717, 1.165) is 0 Å². The quantitative estimate of drug-likeness (QED) is 0.427. The van der Waals surface area contributed by atoms with Crippen molar-refractivity contribution in [3.05, 3.63) is 0 Å². The molecule has 0 aliphatic rings. The Kier molecular flexibility index (Phi) is 166. The van der Waals surface area contributed by atoms with Crippen LogP contribution in [0.2, 0.25) is 0 Å². The van der Waals surface area contributed by atoms with Gasteiger partial charge in [0.05, 0.1) is 0 Å². The molecule has 5 heavy (non-hydrogen) atoms. The molecule has 0 aliphatic heterocycles. The maximum Gasteiger partial charge on any atom is 2.00 e. The molecule has 0 unspecified atom stereocenters. The van der Waals surface area contributed by atoms with Crippen molar-refractivity contribution in [3.63, 3.8) is 0 Å². The van der Waals surface area contributed by atoms with E-state index in [1.807, 2.05) is 0 Å². The minimum atomic E-state index is 0. The molecule has 0 atom stereocenters. The fraction of sp³-hybridized carbons (Fsp3) is 0. The van der Waals surface area contributed by atoms with Crippen LogP contribution in [0.1, 0.15) is 5.71 Å². The van der Waals surface area contributed by atoms with Crippen LogP contribution >= 0.6 is 0 Å². The van der Waals surface area contributed by atoms with Crippen LogP contribution in [0.25, 0.3) is 0 Å². The van der Waals surface area contributed by atoms with Gasteiger partial charge in [0.15, 0.2) is 17.4 Å². The van der Waals surface area contributed by atoms with E-state index in [1.54, 1.807) is 0 Å². The normalized spacial score (nSPS) is 0. The summed E-state index contributed by atoms with van der Waals surface area (Å²) in [5.74, 6) is 0. The van der Waals surface area contributed by atoms with Gasteiger partial charge in [-0.25, -0.2) is 0 Å². The molecule has 0 amide bonds. The zero-order valence-corrected chi connectivity index (χ0v) is 13.1. The third-order valence-corrected chi connectivity index (χ3v) is 0. The van der Waals surface area contributed by atoms with Gasteiger partial charge in [-0.05, 0) is 11.0 Å². The van der Waals surface area contributed by atoms with Crippen LogP contribution in [0.5, 0.6) is 0 Å². The molecule has 5 heteroatoms. The molecular formula is H10AlBaCaSiTi. The zero-order valence-electron chi connectivity index (χ0n) is 6.91. The van der Waals surface area contributed by atoms with Crippen molar-refractivity contribution in [1.82, 2.24) is 0 Å². The van der Waals surface area contributed by atoms with Gasteiger partial charge in [0.1, 0.15) is 0 Å². The number of hydrogen-bond donors (Lipinski definition) is 0. The first-order valence-corrected chi connectivity index (χ1v) is 0. The molecule has 0 spiro atoms. The van der Waals surface area contributed by atoms with Gasteiger partial charge in [-0.3, -0.25) is 0 Å². The fourth-order valence-corrected chi connectivity index (χ4v) is 0. The second-order valence-electron chi connectivity index (χ2n) is 0. The van der Waals surface area contributed by atoms with Gasteiger partial charge < -0.3 is 5.71 Å². The van der Waals surface area contributed by atoms with Gasteiger partial charge in [0.25, 0.3) is 0 Å². The monoisotopic (exact) mass is 291 g/mol.